The third-order valence-corrected chi connectivity index (χ3v) is 8.76. The van der Waals surface area contributed by atoms with Crippen LogP contribution in [0, 0.1) is 0 Å². The normalized spacial score (nSPS) is 13.5. The summed E-state index contributed by atoms with van der Waals surface area (Å²) < 4.78 is 22.6. The lowest BCUT2D eigenvalue weighted by molar-refractivity contribution is -0.870. The van der Waals surface area contributed by atoms with Gasteiger partial charge in [-0.3, -0.25) is 9.59 Å². The Morgan fingerprint density at radius 3 is 1.56 bits per heavy atom. The Morgan fingerprint density at radius 1 is 0.564 bits per heavy atom. The molecule has 0 fully saturated rings. The van der Waals surface area contributed by atoms with Gasteiger partial charge in [0.15, 0.2) is 6.10 Å². The van der Waals surface area contributed by atoms with Crippen LogP contribution in [-0.4, -0.2) is 87.4 Å². The fourth-order valence-electron chi connectivity index (χ4n) is 5.41. The molecule has 0 bridgehead atoms. The molecule has 316 valence electrons. The van der Waals surface area contributed by atoms with Gasteiger partial charge in [-0.25, -0.2) is 4.79 Å². The lowest BCUT2D eigenvalue weighted by atomic mass is 10.1. The molecule has 1 N–H and O–H groups in total. The van der Waals surface area contributed by atoms with E-state index in [4.69, 9.17) is 18.9 Å². The Bertz CT molecular complexity index is 1090. The summed E-state index contributed by atoms with van der Waals surface area (Å²) in [5.74, 6) is -2.07. The van der Waals surface area contributed by atoms with Crippen molar-refractivity contribution in [3.63, 3.8) is 0 Å². The van der Waals surface area contributed by atoms with Crippen LogP contribution in [0.4, 0.5) is 0 Å². The van der Waals surface area contributed by atoms with E-state index in [9.17, 15) is 19.5 Å². The minimum atomic E-state index is -1.52. The minimum Gasteiger partial charge on any atom is -0.477 e. The number of allylic oxidation sites excluding steroid dienone is 10. The van der Waals surface area contributed by atoms with Gasteiger partial charge in [-0.1, -0.05) is 126 Å². The lowest BCUT2D eigenvalue weighted by Gasteiger charge is -2.25. The summed E-state index contributed by atoms with van der Waals surface area (Å²) in [5.41, 5.74) is 0. The Labute approximate surface area is 335 Å². The van der Waals surface area contributed by atoms with E-state index in [1.54, 1.807) is 0 Å². The van der Waals surface area contributed by atoms with Crippen LogP contribution in [0.15, 0.2) is 60.8 Å². The molecule has 0 radical (unpaired) electrons. The molecule has 0 spiro atoms. The van der Waals surface area contributed by atoms with E-state index in [2.05, 4.69) is 74.6 Å². The molecule has 0 aromatic carbocycles. The van der Waals surface area contributed by atoms with E-state index in [1.165, 1.54) is 44.9 Å². The number of rotatable bonds is 38. The Balaban J connectivity index is 4.51. The number of quaternary nitrogens is 1. The number of carboxylic acid groups (broad SMARTS) is 1. The molecule has 0 amide bonds. The largest absolute Gasteiger partial charge is 0.477 e. The van der Waals surface area contributed by atoms with Crippen molar-refractivity contribution in [2.24, 2.45) is 0 Å². The number of aliphatic carboxylic acids is 1. The molecule has 0 aliphatic carbocycles. The summed E-state index contributed by atoms with van der Waals surface area (Å²) in [6.45, 7) is 4.66. The van der Waals surface area contributed by atoms with Gasteiger partial charge in [0.1, 0.15) is 13.2 Å². The van der Waals surface area contributed by atoms with Gasteiger partial charge in [0, 0.05) is 12.8 Å². The highest BCUT2D eigenvalue weighted by Gasteiger charge is 2.25. The van der Waals surface area contributed by atoms with Crippen LogP contribution in [0.2, 0.25) is 0 Å². The number of unbranched alkanes of at least 4 members (excludes halogenated alkanes) is 13. The zero-order valence-corrected chi connectivity index (χ0v) is 35.6. The minimum absolute atomic E-state index is 0.178. The van der Waals surface area contributed by atoms with Crippen LogP contribution >= 0.6 is 0 Å². The molecule has 9 nitrogen and oxygen atoms in total. The highest BCUT2D eigenvalue weighted by Crippen LogP contribution is 2.12. The zero-order valence-electron chi connectivity index (χ0n) is 35.6. The van der Waals surface area contributed by atoms with Crippen LogP contribution in [0.25, 0.3) is 0 Å². The monoisotopic (exact) mass is 775 g/mol. The number of carbonyl (C=O) groups is 3. The Kier molecular flexibility index (Phi) is 35.8. The van der Waals surface area contributed by atoms with Gasteiger partial charge in [-0.05, 0) is 77.0 Å². The summed E-state index contributed by atoms with van der Waals surface area (Å²) in [4.78, 5) is 37.0. The maximum atomic E-state index is 12.7. The van der Waals surface area contributed by atoms with Crippen molar-refractivity contribution in [2.45, 2.75) is 167 Å². The number of carboxylic acids is 1. The molecule has 0 heterocycles. The van der Waals surface area contributed by atoms with Crippen molar-refractivity contribution in [3.8, 4) is 0 Å². The SMILES string of the molecule is CC/C=C\C/C=C\C/C=C\CCCCCC(=O)OC(COC(=O)CCCCCCCCC/C=C\C/C=C\CCCCC)COC(OCC[N+](C)(C)C)C(=O)O. The first-order chi connectivity index (χ1) is 26.6. The van der Waals surface area contributed by atoms with Crippen LogP contribution in [-0.2, 0) is 33.3 Å². The second-order valence-corrected chi connectivity index (χ2v) is 15.3. The van der Waals surface area contributed by atoms with Gasteiger partial charge in [-0.2, -0.15) is 0 Å². The third-order valence-electron chi connectivity index (χ3n) is 8.76. The molecule has 0 aromatic heterocycles. The number of likely N-dealkylation sites (N-methyl/N-ethyl adjacent to an activating group) is 1. The smallest absolute Gasteiger partial charge is 0.361 e. The summed E-state index contributed by atoms with van der Waals surface area (Å²) in [6, 6.07) is 0. The number of esters is 2. The van der Waals surface area contributed by atoms with Crippen molar-refractivity contribution in [2.75, 3.05) is 47.5 Å². The molecule has 55 heavy (non-hydrogen) atoms. The number of hydrogen-bond acceptors (Lipinski definition) is 7. The molecule has 9 heteroatoms. The van der Waals surface area contributed by atoms with E-state index in [1.807, 2.05) is 21.1 Å². The van der Waals surface area contributed by atoms with Crippen molar-refractivity contribution in [1.29, 1.82) is 0 Å². The fraction of sp³-hybridized carbons (Fsp3) is 0.717. The third kappa shape index (κ3) is 39.0. The van der Waals surface area contributed by atoms with Gasteiger partial charge in [0.25, 0.3) is 6.29 Å². The maximum Gasteiger partial charge on any atom is 0.361 e. The zero-order chi connectivity index (χ0) is 40.7. The second-order valence-electron chi connectivity index (χ2n) is 15.3. The summed E-state index contributed by atoms with van der Waals surface area (Å²) in [5, 5.41) is 9.61. The van der Waals surface area contributed by atoms with E-state index in [0.29, 0.717) is 17.4 Å². The van der Waals surface area contributed by atoms with Gasteiger partial charge >= 0.3 is 17.9 Å². The van der Waals surface area contributed by atoms with Crippen LogP contribution in [0.5, 0.6) is 0 Å². The molecule has 0 aliphatic rings. The number of ether oxygens (including phenoxy) is 4. The summed E-state index contributed by atoms with van der Waals surface area (Å²) in [6.07, 6.45) is 41.4. The Morgan fingerprint density at radius 2 is 1.04 bits per heavy atom. The molecule has 0 saturated carbocycles. The van der Waals surface area contributed by atoms with Gasteiger partial charge in [0.2, 0.25) is 0 Å². The summed E-state index contributed by atoms with van der Waals surface area (Å²) in [7, 11) is 5.93. The van der Waals surface area contributed by atoms with Crippen molar-refractivity contribution >= 4 is 17.9 Å². The fourth-order valence-corrected chi connectivity index (χ4v) is 5.41. The number of carbonyl (C=O) groups excluding carboxylic acids is 2. The highest BCUT2D eigenvalue weighted by molar-refractivity contribution is 5.71. The molecule has 2 atom stereocenters. The maximum absolute atomic E-state index is 12.7. The molecule has 0 rings (SSSR count). The lowest BCUT2D eigenvalue weighted by Crippen LogP contribution is -2.40. The van der Waals surface area contributed by atoms with Gasteiger partial charge in [0.05, 0.1) is 34.4 Å². The molecule has 0 aliphatic heterocycles. The number of hydrogen-bond donors (Lipinski definition) is 1. The van der Waals surface area contributed by atoms with Crippen LogP contribution in [0.3, 0.4) is 0 Å². The van der Waals surface area contributed by atoms with Crippen LogP contribution in [0.1, 0.15) is 155 Å². The summed E-state index contributed by atoms with van der Waals surface area (Å²) >= 11 is 0. The Hall–Kier alpha value is -3.01. The van der Waals surface area contributed by atoms with Crippen molar-refractivity contribution in [1.82, 2.24) is 0 Å². The quantitative estimate of drug-likeness (QED) is 0.0217. The number of nitrogens with zero attached hydrogens (tertiary/aromatic N) is 1. The van der Waals surface area contributed by atoms with E-state index in [0.717, 1.165) is 77.0 Å². The molecular formula is C46H80NO8+. The van der Waals surface area contributed by atoms with Crippen molar-refractivity contribution < 1.29 is 42.9 Å². The topological polar surface area (TPSA) is 108 Å². The average molecular weight is 775 g/mol. The van der Waals surface area contributed by atoms with Gasteiger partial charge in [-0.15, -0.1) is 0 Å². The standard InChI is InChI=1S/C46H79NO8/c1-6-8-10-12-14-16-18-20-21-22-23-25-26-28-30-32-34-36-43(48)53-40-42(41-54-46(45(50)51)52-39-38-47(3,4)5)55-44(49)37-35-33-31-29-27-24-19-17-15-13-11-9-7-2/h9,11,14-17,20-21,24,27,42,46H,6-8,10,12-13,18-19,22-23,25-26,28-41H2,1-5H3/p+1/b11-9-,16-14-,17-15-,21-20-,27-24-. The van der Waals surface area contributed by atoms with E-state index in [-0.39, 0.29) is 38.6 Å². The predicted octanol–water partition coefficient (Wildman–Crippen LogP) is 11.0. The van der Waals surface area contributed by atoms with Crippen molar-refractivity contribution in [3.05, 3.63) is 60.8 Å². The predicted molar refractivity (Wildman–Crippen MR) is 226 cm³/mol. The molecular weight excluding hydrogens is 695 g/mol. The first-order valence-electron chi connectivity index (χ1n) is 21.5. The van der Waals surface area contributed by atoms with Crippen LogP contribution < -0.4 is 0 Å². The first kappa shape index (κ1) is 52.0. The highest BCUT2D eigenvalue weighted by atomic mass is 16.7. The molecule has 0 aromatic rings. The molecule has 2 unspecified atom stereocenters. The molecule has 0 saturated heterocycles. The first-order valence-corrected chi connectivity index (χ1v) is 21.5. The average Bonchev–Trinajstić information content (AvgIpc) is 3.14. The van der Waals surface area contributed by atoms with Gasteiger partial charge < -0.3 is 28.5 Å². The second kappa shape index (κ2) is 37.9. The van der Waals surface area contributed by atoms with E-state index >= 15 is 0 Å². The van der Waals surface area contributed by atoms with E-state index < -0.39 is 24.3 Å².